The van der Waals surface area contributed by atoms with E-state index in [1.54, 1.807) is 0 Å². The van der Waals surface area contributed by atoms with Gasteiger partial charge in [0.2, 0.25) is 11.8 Å². The van der Waals surface area contributed by atoms with Crippen LogP contribution >= 0.6 is 0 Å². The number of nitrogens with one attached hydrogen (secondary N) is 2. The molecule has 1 heterocycles. The Hall–Kier alpha value is -2.66. The minimum absolute atomic E-state index is 0.000336. The first-order valence-electron chi connectivity index (χ1n) is 9.88. The van der Waals surface area contributed by atoms with E-state index < -0.39 is 0 Å². The molecule has 3 rings (SSSR count). The van der Waals surface area contributed by atoms with Crippen LogP contribution in [0.4, 0.5) is 11.4 Å². The lowest BCUT2D eigenvalue weighted by atomic mass is 9.95. The van der Waals surface area contributed by atoms with E-state index in [1.807, 2.05) is 56.3 Å². The van der Waals surface area contributed by atoms with Gasteiger partial charge >= 0.3 is 0 Å². The van der Waals surface area contributed by atoms with Crippen LogP contribution in [0.15, 0.2) is 42.5 Å². The first-order valence-corrected chi connectivity index (χ1v) is 9.88. The topological polar surface area (TPSA) is 61.4 Å². The van der Waals surface area contributed by atoms with Crippen LogP contribution in [-0.4, -0.2) is 36.3 Å². The maximum atomic E-state index is 12.5. The molecule has 5 heteroatoms. The molecule has 0 atom stereocenters. The summed E-state index contributed by atoms with van der Waals surface area (Å²) in [5.74, 6) is 0.0641. The lowest BCUT2D eigenvalue weighted by molar-refractivity contribution is -0.121. The van der Waals surface area contributed by atoms with Gasteiger partial charge in [-0.25, -0.2) is 0 Å². The average Bonchev–Trinajstić information content (AvgIpc) is 2.67. The standard InChI is InChI=1S/C23H29N3O2/c1-16-4-7-20(8-5-16)25-23(28)19-10-12-26(13-11-19)15-22(27)24-21-9-6-17(2)18(3)14-21/h4-9,14,19H,10-13,15H2,1-3H3,(H,24,27)(H,25,28). The van der Waals surface area contributed by atoms with Gasteiger partial charge < -0.3 is 10.6 Å². The molecule has 0 radical (unpaired) electrons. The molecule has 2 aromatic carbocycles. The van der Waals surface area contributed by atoms with E-state index in [9.17, 15) is 9.59 Å². The number of carbonyl (C=O) groups excluding carboxylic acids is 2. The molecule has 0 unspecified atom stereocenters. The van der Waals surface area contributed by atoms with E-state index in [4.69, 9.17) is 0 Å². The van der Waals surface area contributed by atoms with Crippen molar-refractivity contribution in [3.8, 4) is 0 Å². The van der Waals surface area contributed by atoms with Crippen molar-refractivity contribution in [1.82, 2.24) is 4.90 Å². The minimum Gasteiger partial charge on any atom is -0.326 e. The molecule has 0 bridgehead atoms. The number of aryl methyl sites for hydroxylation is 3. The first-order chi connectivity index (χ1) is 13.4. The van der Waals surface area contributed by atoms with Gasteiger partial charge in [-0.1, -0.05) is 23.8 Å². The van der Waals surface area contributed by atoms with Crippen molar-refractivity contribution in [2.45, 2.75) is 33.6 Å². The number of rotatable bonds is 5. The van der Waals surface area contributed by atoms with Crippen LogP contribution in [0.25, 0.3) is 0 Å². The molecule has 0 aliphatic carbocycles. The fourth-order valence-corrected chi connectivity index (χ4v) is 3.46. The number of piperidine rings is 1. The highest BCUT2D eigenvalue weighted by atomic mass is 16.2. The summed E-state index contributed by atoms with van der Waals surface area (Å²) < 4.78 is 0. The number of carbonyl (C=O) groups is 2. The molecular formula is C23H29N3O2. The van der Waals surface area contributed by atoms with Gasteiger partial charge in [0, 0.05) is 17.3 Å². The zero-order valence-corrected chi connectivity index (χ0v) is 16.9. The number of likely N-dealkylation sites (tertiary alicyclic amines) is 1. The highest BCUT2D eigenvalue weighted by molar-refractivity contribution is 5.93. The van der Waals surface area contributed by atoms with Crippen LogP contribution in [0.2, 0.25) is 0 Å². The van der Waals surface area contributed by atoms with E-state index >= 15 is 0 Å². The fourth-order valence-electron chi connectivity index (χ4n) is 3.46. The van der Waals surface area contributed by atoms with Crippen LogP contribution in [0.5, 0.6) is 0 Å². The minimum atomic E-state index is -0.00851. The summed E-state index contributed by atoms with van der Waals surface area (Å²) in [4.78, 5) is 26.9. The molecule has 1 fully saturated rings. The molecule has 1 saturated heterocycles. The third kappa shape index (κ3) is 5.42. The average molecular weight is 380 g/mol. The van der Waals surface area contributed by atoms with E-state index in [1.165, 1.54) is 16.7 Å². The van der Waals surface area contributed by atoms with Crippen molar-refractivity contribution in [3.63, 3.8) is 0 Å². The van der Waals surface area contributed by atoms with Crippen LogP contribution in [0, 0.1) is 26.7 Å². The van der Waals surface area contributed by atoms with Crippen molar-refractivity contribution in [2.24, 2.45) is 5.92 Å². The largest absolute Gasteiger partial charge is 0.326 e. The number of anilines is 2. The molecule has 2 N–H and O–H groups in total. The Morgan fingerprint density at radius 3 is 2.18 bits per heavy atom. The predicted octanol–water partition coefficient (Wildman–Crippen LogP) is 3.90. The first kappa shape index (κ1) is 20.1. The molecule has 148 valence electrons. The summed E-state index contributed by atoms with van der Waals surface area (Å²) in [5, 5.41) is 5.97. The highest BCUT2D eigenvalue weighted by Gasteiger charge is 2.26. The molecule has 0 saturated carbocycles. The second kappa shape index (κ2) is 9.02. The van der Waals surface area contributed by atoms with E-state index in [0.717, 1.165) is 37.3 Å². The summed E-state index contributed by atoms with van der Waals surface area (Å²) in [6.45, 7) is 7.99. The van der Waals surface area contributed by atoms with Gasteiger partial charge in [-0.05, 0) is 82.1 Å². The maximum absolute atomic E-state index is 12.5. The van der Waals surface area contributed by atoms with Gasteiger partial charge in [0.05, 0.1) is 6.54 Å². The van der Waals surface area contributed by atoms with Gasteiger partial charge in [0.1, 0.15) is 0 Å². The van der Waals surface area contributed by atoms with Gasteiger partial charge in [-0.3, -0.25) is 14.5 Å². The second-order valence-electron chi connectivity index (χ2n) is 7.75. The number of nitrogens with zero attached hydrogens (tertiary/aromatic N) is 1. The second-order valence-corrected chi connectivity index (χ2v) is 7.75. The number of hydrogen-bond donors (Lipinski definition) is 2. The monoisotopic (exact) mass is 379 g/mol. The fraction of sp³-hybridized carbons (Fsp3) is 0.391. The number of amides is 2. The van der Waals surface area contributed by atoms with Gasteiger partial charge in [-0.2, -0.15) is 0 Å². The molecule has 2 aromatic rings. The highest BCUT2D eigenvalue weighted by Crippen LogP contribution is 2.20. The predicted molar refractivity (Wildman–Crippen MR) is 114 cm³/mol. The molecule has 1 aliphatic heterocycles. The molecule has 5 nitrogen and oxygen atoms in total. The molecule has 28 heavy (non-hydrogen) atoms. The lowest BCUT2D eigenvalue weighted by Crippen LogP contribution is -2.41. The van der Waals surface area contributed by atoms with Crippen LogP contribution in [0.1, 0.15) is 29.5 Å². The van der Waals surface area contributed by atoms with Gasteiger partial charge in [-0.15, -0.1) is 0 Å². The van der Waals surface area contributed by atoms with Crippen LogP contribution < -0.4 is 10.6 Å². The summed E-state index contributed by atoms with van der Waals surface area (Å²) in [5.41, 5.74) is 5.22. The zero-order valence-electron chi connectivity index (χ0n) is 16.9. The van der Waals surface area contributed by atoms with Gasteiger partial charge in [0.15, 0.2) is 0 Å². The van der Waals surface area contributed by atoms with Crippen LogP contribution in [0.3, 0.4) is 0 Å². The summed E-state index contributed by atoms with van der Waals surface area (Å²) in [6, 6.07) is 13.8. The smallest absolute Gasteiger partial charge is 0.238 e. The van der Waals surface area contributed by atoms with E-state index in [-0.39, 0.29) is 17.7 Å². The van der Waals surface area contributed by atoms with Crippen molar-refractivity contribution < 1.29 is 9.59 Å². The number of hydrogen-bond acceptors (Lipinski definition) is 3. The Labute approximate surface area is 167 Å². The molecule has 0 aromatic heterocycles. The normalized spacial score (nSPS) is 15.2. The molecule has 1 aliphatic rings. The number of benzene rings is 2. The summed E-state index contributed by atoms with van der Waals surface area (Å²) >= 11 is 0. The third-order valence-electron chi connectivity index (χ3n) is 5.44. The molecule has 0 spiro atoms. The SMILES string of the molecule is Cc1ccc(NC(=O)C2CCN(CC(=O)Nc3ccc(C)c(C)c3)CC2)cc1. The Balaban J connectivity index is 1.44. The lowest BCUT2D eigenvalue weighted by Gasteiger charge is -2.30. The van der Waals surface area contributed by atoms with E-state index in [2.05, 4.69) is 22.5 Å². The van der Waals surface area contributed by atoms with E-state index in [0.29, 0.717) is 6.54 Å². The Bertz CT molecular complexity index is 837. The van der Waals surface area contributed by atoms with Crippen molar-refractivity contribution >= 4 is 23.2 Å². The van der Waals surface area contributed by atoms with Crippen molar-refractivity contribution in [3.05, 3.63) is 59.2 Å². The summed E-state index contributed by atoms with van der Waals surface area (Å²) in [6.07, 6.45) is 1.54. The Kier molecular flexibility index (Phi) is 6.47. The Morgan fingerprint density at radius 2 is 1.54 bits per heavy atom. The molecule has 2 amide bonds. The molecular weight excluding hydrogens is 350 g/mol. The summed E-state index contributed by atoms with van der Waals surface area (Å²) in [7, 11) is 0. The third-order valence-corrected chi connectivity index (χ3v) is 5.44. The maximum Gasteiger partial charge on any atom is 0.238 e. The Morgan fingerprint density at radius 1 is 0.893 bits per heavy atom. The van der Waals surface area contributed by atoms with Crippen LogP contribution in [-0.2, 0) is 9.59 Å². The van der Waals surface area contributed by atoms with Gasteiger partial charge in [0.25, 0.3) is 0 Å². The quantitative estimate of drug-likeness (QED) is 0.828. The van der Waals surface area contributed by atoms with Crippen molar-refractivity contribution in [1.29, 1.82) is 0 Å². The zero-order chi connectivity index (χ0) is 20.1. The van der Waals surface area contributed by atoms with Crippen molar-refractivity contribution in [2.75, 3.05) is 30.3 Å².